The van der Waals surface area contributed by atoms with Crippen LogP contribution in [0.1, 0.15) is 34.8 Å². The molecule has 156 valence electrons. The monoisotopic (exact) mass is 412 g/mol. The molecule has 2 heterocycles. The molecule has 3 aromatic rings. The predicted octanol–water partition coefficient (Wildman–Crippen LogP) is 3.84. The molecular formula is C22H22F2N4O2. The minimum atomic E-state index is -0.842. The molecule has 1 saturated heterocycles. The maximum Gasteiger partial charge on any atom is 0.256 e. The zero-order chi connectivity index (χ0) is 21.3. The molecule has 0 spiro atoms. The van der Waals surface area contributed by atoms with Crippen LogP contribution in [-0.2, 0) is 0 Å². The van der Waals surface area contributed by atoms with Crippen molar-refractivity contribution in [3.63, 3.8) is 0 Å². The molecule has 0 saturated carbocycles. The van der Waals surface area contributed by atoms with Crippen LogP contribution in [0.3, 0.4) is 0 Å². The van der Waals surface area contributed by atoms with Gasteiger partial charge in [0.1, 0.15) is 11.6 Å². The lowest BCUT2D eigenvalue weighted by atomic mass is 10.1. The van der Waals surface area contributed by atoms with Crippen molar-refractivity contribution in [1.29, 1.82) is 0 Å². The van der Waals surface area contributed by atoms with Gasteiger partial charge in [-0.2, -0.15) is 4.98 Å². The van der Waals surface area contributed by atoms with Crippen LogP contribution in [0.4, 0.5) is 8.78 Å². The Morgan fingerprint density at radius 1 is 1.07 bits per heavy atom. The normalized spacial score (nSPS) is 15.9. The van der Waals surface area contributed by atoms with Gasteiger partial charge in [0.05, 0.1) is 11.6 Å². The number of benzene rings is 2. The van der Waals surface area contributed by atoms with Crippen molar-refractivity contribution in [3.05, 3.63) is 71.1 Å². The van der Waals surface area contributed by atoms with Crippen LogP contribution in [-0.4, -0.2) is 52.0 Å². The van der Waals surface area contributed by atoms with Crippen molar-refractivity contribution in [2.24, 2.45) is 0 Å². The van der Waals surface area contributed by atoms with Crippen molar-refractivity contribution < 1.29 is 18.1 Å². The third kappa shape index (κ3) is 4.09. The van der Waals surface area contributed by atoms with Crippen LogP contribution in [0.25, 0.3) is 11.4 Å². The molecule has 0 N–H and O–H groups in total. The molecule has 0 bridgehead atoms. The molecule has 1 unspecified atom stereocenters. The van der Waals surface area contributed by atoms with Gasteiger partial charge in [-0.3, -0.25) is 9.69 Å². The Morgan fingerprint density at radius 2 is 1.77 bits per heavy atom. The summed E-state index contributed by atoms with van der Waals surface area (Å²) in [7, 11) is 0. The molecule has 8 heteroatoms. The van der Waals surface area contributed by atoms with Crippen LogP contribution in [0.5, 0.6) is 0 Å². The van der Waals surface area contributed by atoms with Gasteiger partial charge >= 0.3 is 0 Å². The summed E-state index contributed by atoms with van der Waals surface area (Å²) in [5.74, 6) is -0.927. The van der Waals surface area contributed by atoms with Gasteiger partial charge in [-0.15, -0.1) is 0 Å². The Labute approximate surface area is 173 Å². The second-order valence-corrected chi connectivity index (χ2v) is 7.45. The van der Waals surface area contributed by atoms with Gasteiger partial charge in [-0.25, -0.2) is 8.78 Å². The molecule has 2 aromatic carbocycles. The zero-order valence-electron chi connectivity index (χ0n) is 16.8. The van der Waals surface area contributed by atoms with E-state index >= 15 is 0 Å². The number of aryl methyl sites for hydroxylation is 1. The van der Waals surface area contributed by atoms with Crippen molar-refractivity contribution >= 4 is 5.91 Å². The molecule has 1 aromatic heterocycles. The topological polar surface area (TPSA) is 62.5 Å². The average molecular weight is 412 g/mol. The zero-order valence-corrected chi connectivity index (χ0v) is 16.8. The number of hydrogen-bond donors (Lipinski definition) is 0. The number of hydrogen-bond acceptors (Lipinski definition) is 5. The number of piperazine rings is 1. The summed E-state index contributed by atoms with van der Waals surface area (Å²) in [6, 6.07) is 10.8. The molecule has 1 atom stereocenters. The maximum absolute atomic E-state index is 13.9. The first-order valence-corrected chi connectivity index (χ1v) is 9.81. The summed E-state index contributed by atoms with van der Waals surface area (Å²) >= 11 is 0. The summed E-state index contributed by atoms with van der Waals surface area (Å²) in [4.78, 5) is 20.8. The number of rotatable bonds is 4. The van der Waals surface area contributed by atoms with Gasteiger partial charge in [0.15, 0.2) is 0 Å². The fourth-order valence-corrected chi connectivity index (χ4v) is 3.53. The summed E-state index contributed by atoms with van der Waals surface area (Å²) in [5.41, 5.74) is 1.93. The summed E-state index contributed by atoms with van der Waals surface area (Å²) in [6.45, 7) is 6.01. The van der Waals surface area contributed by atoms with Gasteiger partial charge in [-0.1, -0.05) is 35.0 Å². The standard InChI is InChI=1S/C22H22F2N4O2/c1-14-3-5-16(6-4-14)20-25-21(30-26-20)15(2)27-9-11-28(12-10-27)22(29)18-8-7-17(23)13-19(18)24/h3-8,13,15H,9-12H2,1-2H3. The van der Waals surface area contributed by atoms with Crippen LogP contribution in [0.2, 0.25) is 0 Å². The van der Waals surface area contributed by atoms with E-state index in [4.69, 9.17) is 4.52 Å². The maximum atomic E-state index is 13.9. The second-order valence-electron chi connectivity index (χ2n) is 7.45. The first-order valence-electron chi connectivity index (χ1n) is 9.81. The molecule has 6 nitrogen and oxygen atoms in total. The highest BCUT2D eigenvalue weighted by atomic mass is 19.1. The van der Waals surface area contributed by atoms with E-state index in [9.17, 15) is 13.6 Å². The van der Waals surface area contributed by atoms with Crippen LogP contribution in [0, 0.1) is 18.6 Å². The Kier molecular flexibility index (Phi) is 5.59. The Morgan fingerprint density at radius 3 is 2.43 bits per heavy atom. The molecule has 1 fully saturated rings. The summed E-state index contributed by atoms with van der Waals surface area (Å²) in [5, 5.41) is 4.08. The van der Waals surface area contributed by atoms with E-state index in [1.54, 1.807) is 4.90 Å². The van der Waals surface area contributed by atoms with E-state index in [2.05, 4.69) is 15.0 Å². The number of aromatic nitrogens is 2. The molecule has 1 amide bonds. The SMILES string of the molecule is Cc1ccc(-c2noc(C(C)N3CCN(C(=O)c4ccc(F)cc4F)CC3)n2)cc1. The van der Waals surface area contributed by atoms with E-state index in [1.807, 2.05) is 38.1 Å². The molecule has 0 radical (unpaired) electrons. The van der Waals surface area contributed by atoms with Gasteiger partial charge < -0.3 is 9.42 Å². The highest BCUT2D eigenvalue weighted by Gasteiger charge is 2.29. The largest absolute Gasteiger partial charge is 0.337 e. The van der Waals surface area contributed by atoms with E-state index in [-0.39, 0.29) is 11.6 Å². The lowest BCUT2D eigenvalue weighted by Gasteiger charge is -2.36. The van der Waals surface area contributed by atoms with E-state index in [1.165, 1.54) is 6.07 Å². The van der Waals surface area contributed by atoms with Crippen molar-refractivity contribution in [3.8, 4) is 11.4 Å². The number of carbonyl (C=O) groups excluding carboxylic acids is 1. The molecule has 0 aliphatic carbocycles. The predicted molar refractivity (Wildman–Crippen MR) is 107 cm³/mol. The van der Waals surface area contributed by atoms with Gasteiger partial charge in [0.2, 0.25) is 11.7 Å². The minimum absolute atomic E-state index is 0.113. The van der Waals surface area contributed by atoms with Crippen molar-refractivity contribution in [2.75, 3.05) is 26.2 Å². The number of carbonyl (C=O) groups is 1. The van der Waals surface area contributed by atoms with Gasteiger partial charge in [-0.05, 0) is 26.0 Å². The summed E-state index contributed by atoms with van der Waals surface area (Å²) in [6.07, 6.45) is 0. The Balaban J connectivity index is 1.39. The number of halogens is 2. The summed E-state index contributed by atoms with van der Waals surface area (Å²) < 4.78 is 32.5. The van der Waals surface area contributed by atoms with Crippen LogP contribution in [0.15, 0.2) is 47.0 Å². The van der Waals surface area contributed by atoms with Crippen LogP contribution < -0.4 is 0 Å². The molecule has 30 heavy (non-hydrogen) atoms. The smallest absolute Gasteiger partial charge is 0.256 e. The van der Waals surface area contributed by atoms with E-state index in [0.717, 1.165) is 23.3 Å². The van der Waals surface area contributed by atoms with Gasteiger partial charge in [0, 0.05) is 37.8 Å². The van der Waals surface area contributed by atoms with E-state index < -0.39 is 17.5 Å². The lowest BCUT2D eigenvalue weighted by Crippen LogP contribution is -2.49. The fraction of sp³-hybridized carbons (Fsp3) is 0.318. The highest BCUT2D eigenvalue weighted by Crippen LogP contribution is 2.24. The first-order chi connectivity index (χ1) is 14.4. The number of nitrogens with zero attached hydrogens (tertiary/aromatic N) is 4. The quantitative estimate of drug-likeness (QED) is 0.652. The lowest BCUT2D eigenvalue weighted by molar-refractivity contribution is 0.0547. The van der Waals surface area contributed by atoms with Crippen molar-refractivity contribution in [1.82, 2.24) is 19.9 Å². The minimum Gasteiger partial charge on any atom is -0.337 e. The molecular weight excluding hydrogens is 390 g/mol. The Hall–Kier alpha value is -3.13. The Bertz CT molecular complexity index is 1040. The van der Waals surface area contributed by atoms with Crippen LogP contribution >= 0.6 is 0 Å². The second kappa shape index (κ2) is 8.31. The number of amides is 1. The van der Waals surface area contributed by atoms with E-state index in [0.29, 0.717) is 37.9 Å². The highest BCUT2D eigenvalue weighted by molar-refractivity contribution is 5.94. The van der Waals surface area contributed by atoms with Gasteiger partial charge in [0.25, 0.3) is 5.91 Å². The third-order valence-electron chi connectivity index (χ3n) is 5.42. The van der Waals surface area contributed by atoms with Crippen molar-refractivity contribution in [2.45, 2.75) is 19.9 Å². The molecule has 4 rings (SSSR count). The molecule has 1 aliphatic rings. The first kappa shape index (κ1) is 20.2. The average Bonchev–Trinajstić information content (AvgIpc) is 3.24. The third-order valence-corrected chi connectivity index (χ3v) is 5.42. The molecule has 1 aliphatic heterocycles. The fourth-order valence-electron chi connectivity index (χ4n) is 3.53.